The van der Waals surface area contributed by atoms with Gasteiger partial charge in [-0.3, -0.25) is 0 Å². The van der Waals surface area contributed by atoms with E-state index >= 15 is 0 Å². The highest BCUT2D eigenvalue weighted by atomic mass is 32.1. The van der Waals surface area contributed by atoms with E-state index in [2.05, 4.69) is 44.3 Å². The van der Waals surface area contributed by atoms with Crippen LogP contribution in [0.5, 0.6) is 17.2 Å². The highest BCUT2D eigenvalue weighted by molar-refractivity contribution is 7.11. The van der Waals surface area contributed by atoms with Gasteiger partial charge < -0.3 is 25.0 Å². The highest BCUT2D eigenvalue weighted by Gasteiger charge is 2.33. The highest BCUT2D eigenvalue weighted by Crippen LogP contribution is 2.54. The molecule has 4 aromatic rings. The number of hydrogen-bond donors (Lipinski definition) is 3. The number of aliphatic hydroxyl groups excluding tert-OH is 1. The lowest BCUT2D eigenvalue weighted by Gasteiger charge is -2.35. The van der Waals surface area contributed by atoms with Crippen molar-refractivity contribution in [2.45, 2.75) is 32.4 Å². The molecule has 1 aromatic heterocycles. The van der Waals surface area contributed by atoms with Crippen molar-refractivity contribution in [3.63, 3.8) is 0 Å². The molecule has 3 aromatic carbocycles. The SMILES string of the molecule is COc1c(O)ccc2c1-c1ccc3c(c1/C(=C/c1sccc1C(O)c1ccccc1)O2)C(C)=CC(C)(C)N3. The topological polar surface area (TPSA) is 71.0 Å². The van der Waals surface area contributed by atoms with Crippen LogP contribution in [0.4, 0.5) is 5.69 Å². The first-order chi connectivity index (χ1) is 18.3. The number of aromatic hydroxyl groups is 1. The van der Waals surface area contributed by atoms with Gasteiger partial charge in [-0.15, -0.1) is 11.3 Å². The van der Waals surface area contributed by atoms with Crippen LogP contribution in [0.2, 0.25) is 0 Å². The molecule has 3 heterocycles. The van der Waals surface area contributed by atoms with Gasteiger partial charge >= 0.3 is 0 Å². The van der Waals surface area contributed by atoms with Crippen molar-refractivity contribution in [3.05, 3.63) is 99.3 Å². The predicted molar refractivity (Wildman–Crippen MR) is 155 cm³/mol. The van der Waals surface area contributed by atoms with Crippen molar-refractivity contribution in [3.8, 4) is 28.4 Å². The van der Waals surface area contributed by atoms with Gasteiger partial charge in [-0.2, -0.15) is 0 Å². The average molecular weight is 524 g/mol. The normalized spacial score (nSPS) is 16.9. The second-order valence-electron chi connectivity index (χ2n) is 10.2. The van der Waals surface area contributed by atoms with Crippen LogP contribution in [-0.2, 0) is 0 Å². The average Bonchev–Trinajstić information content (AvgIpc) is 3.36. The molecule has 0 aliphatic carbocycles. The number of aliphatic hydroxyl groups is 1. The molecule has 1 atom stereocenters. The smallest absolute Gasteiger partial charge is 0.172 e. The van der Waals surface area contributed by atoms with Gasteiger partial charge in [0.1, 0.15) is 17.6 Å². The maximum atomic E-state index is 11.2. The largest absolute Gasteiger partial charge is 0.504 e. The number of phenolic OH excluding ortho intramolecular Hbond substituents is 1. The number of benzene rings is 3. The van der Waals surface area contributed by atoms with E-state index in [0.29, 0.717) is 17.3 Å². The van der Waals surface area contributed by atoms with Gasteiger partial charge in [0.05, 0.1) is 18.2 Å². The number of methoxy groups -OCH3 is 1. The molecule has 3 N–H and O–H groups in total. The number of thiophene rings is 1. The lowest BCUT2D eigenvalue weighted by atomic mass is 9.83. The van der Waals surface area contributed by atoms with Gasteiger partial charge in [-0.25, -0.2) is 0 Å². The first-order valence-electron chi connectivity index (χ1n) is 12.5. The maximum absolute atomic E-state index is 11.2. The van der Waals surface area contributed by atoms with Crippen LogP contribution in [0, 0.1) is 0 Å². The number of anilines is 1. The number of nitrogens with one attached hydrogen (secondary N) is 1. The van der Waals surface area contributed by atoms with Crippen LogP contribution >= 0.6 is 11.3 Å². The molecule has 2 aliphatic heterocycles. The summed E-state index contributed by atoms with van der Waals surface area (Å²) < 4.78 is 12.2. The number of ether oxygens (including phenoxy) is 2. The molecule has 6 rings (SSSR count). The van der Waals surface area contributed by atoms with E-state index in [0.717, 1.165) is 49.5 Å². The fourth-order valence-corrected chi connectivity index (χ4v) is 6.41. The second-order valence-corrected chi connectivity index (χ2v) is 11.2. The molecule has 2 aliphatic rings. The van der Waals surface area contributed by atoms with Gasteiger partial charge in [-0.1, -0.05) is 42.5 Å². The lowest BCUT2D eigenvalue weighted by molar-refractivity contribution is 0.220. The van der Waals surface area contributed by atoms with E-state index in [4.69, 9.17) is 9.47 Å². The Hall–Kier alpha value is -4.00. The van der Waals surface area contributed by atoms with Gasteiger partial charge in [0.15, 0.2) is 11.5 Å². The zero-order valence-electron chi connectivity index (χ0n) is 21.7. The lowest BCUT2D eigenvalue weighted by Crippen LogP contribution is -2.32. The Bertz CT molecular complexity index is 1610. The van der Waals surface area contributed by atoms with Gasteiger partial charge in [0.25, 0.3) is 0 Å². The Balaban J connectivity index is 1.59. The molecule has 0 spiro atoms. The van der Waals surface area contributed by atoms with E-state index in [9.17, 15) is 10.2 Å². The zero-order chi connectivity index (χ0) is 26.6. The third kappa shape index (κ3) is 3.97. The number of phenols is 1. The fourth-order valence-electron chi connectivity index (χ4n) is 5.56. The molecule has 0 saturated carbocycles. The number of rotatable bonds is 4. The Morgan fingerprint density at radius 1 is 1.00 bits per heavy atom. The molecular formula is C32H29NO4S. The Morgan fingerprint density at radius 3 is 2.55 bits per heavy atom. The van der Waals surface area contributed by atoms with Crippen LogP contribution in [-0.4, -0.2) is 22.9 Å². The van der Waals surface area contributed by atoms with E-state index in [1.807, 2.05) is 47.9 Å². The van der Waals surface area contributed by atoms with Gasteiger partial charge in [0.2, 0.25) is 0 Å². The van der Waals surface area contributed by atoms with Crippen LogP contribution < -0.4 is 14.8 Å². The Morgan fingerprint density at radius 2 is 1.79 bits per heavy atom. The van der Waals surface area contributed by atoms with Crippen LogP contribution in [0.3, 0.4) is 0 Å². The fraction of sp³-hybridized carbons (Fsp3) is 0.188. The minimum Gasteiger partial charge on any atom is -0.504 e. The summed E-state index contributed by atoms with van der Waals surface area (Å²) in [5, 5.41) is 27.4. The molecule has 0 fully saturated rings. The minimum atomic E-state index is -0.754. The van der Waals surface area contributed by atoms with E-state index in [1.54, 1.807) is 30.6 Å². The monoisotopic (exact) mass is 523 g/mol. The third-order valence-electron chi connectivity index (χ3n) is 7.07. The van der Waals surface area contributed by atoms with Gasteiger partial charge in [0, 0.05) is 32.8 Å². The molecule has 0 bridgehead atoms. The molecule has 6 heteroatoms. The summed E-state index contributed by atoms with van der Waals surface area (Å²) in [6.45, 7) is 6.40. The molecular weight excluding hydrogens is 494 g/mol. The summed E-state index contributed by atoms with van der Waals surface area (Å²) in [7, 11) is 1.55. The quantitative estimate of drug-likeness (QED) is 0.256. The minimum absolute atomic E-state index is 0.0593. The zero-order valence-corrected chi connectivity index (χ0v) is 22.5. The molecule has 0 amide bonds. The van der Waals surface area contributed by atoms with Crippen molar-refractivity contribution >= 4 is 34.4 Å². The standard InChI is InChI=1S/C32H29NO4S/c1-18-17-32(2,3)33-22-11-10-21-28(27(18)22)25(37-24-13-12-23(34)31(36-4)29(21)24)16-26-20(14-15-38-26)30(35)19-8-6-5-7-9-19/h5-17,30,33-35H,1-4H3/b25-16-. The first kappa shape index (κ1) is 24.3. The van der Waals surface area contributed by atoms with Crippen LogP contribution in [0.25, 0.3) is 28.5 Å². The van der Waals surface area contributed by atoms with Crippen molar-refractivity contribution < 1.29 is 19.7 Å². The molecule has 0 saturated heterocycles. The second kappa shape index (κ2) is 9.08. The summed E-state index contributed by atoms with van der Waals surface area (Å²) >= 11 is 1.56. The predicted octanol–water partition coefficient (Wildman–Crippen LogP) is 7.71. The summed E-state index contributed by atoms with van der Waals surface area (Å²) in [5.74, 6) is 1.72. The third-order valence-corrected chi connectivity index (χ3v) is 7.95. The summed E-state index contributed by atoms with van der Waals surface area (Å²) in [6, 6.07) is 19.1. The van der Waals surface area contributed by atoms with E-state index in [1.165, 1.54) is 0 Å². The van der Waals surface area contributed by atoms with E-state index in [-0.39, 0.29) is 11.3 Å². The van der Waals surface area contributed by atoms with Crippen molar-refractivity contribution in [1.29, 1.82) is 0 Å². The molecule has 1 unspecified atom stereocenters. The molecule has 192 valence electrons. The maximum Gasteiger partial charge on any atom is 0.172 e. The number of fused-ring (bicyclic) bond motifs is 5. The van der Waals surface area contributed by atoms with Crippen LogP contribution in [0.1, 0.15) is 54.0 Å². The van der Waals surface area contributed by atoms with Gasteiger partial charge in [-0.05, 0) is 67.6 Å². The molecule has 5 nitrogen and oxygen atoms in total. The molecule has 0 radical (unpaired) electrons. The summed E-state index contributed by atoms with van der Waals surface area (Å²) in [4.78, 5) is 0.917. The number of hydrogen-bond acceptors (Lipinski definition) is 6. The van der Waals surface area contributed by atoms with Crippen LogP contribution in [0.15, 0.2) is 72.1 Å². The Kier molecular flexibility index (Phi) is 5.82. The van der Waals surface area contributed by atoms with Crippen molar-refractivity contribution in [1.82, 2.24) is 0 Å². The van der Waals surface area contributed by atoms with Crippen molar-refractivity contribution in [2.75, 3.05) is 12.4 Å². The molecule has 38 heavy (non-hydrogen) atoms. The van der Waals surface area contributed by atoms with E-state index < -0.39 is 6.10 Å². The summed E-state index contributed by atoms with van der Waals surface area (Å²) in [6.07, 6.45) is 3.48. The summed E-state index contributed by atoms with van der Waals surface area (Å²) in [5.41, 5.74) is 7.22. The number of allylic oxidation sites excluding steroid dienone is 1. The van der Waals surface area contributed by atoms with Crippen molar-refractivity contribution in [2.24, 2.45) is 0 Å². The first-order valence-corrected chi connectivity index (χ1v) is 13.4. The Labute approximate surface area is 226 Å².